The molecule has 1 aromatic rings. The topological polar surface area (TPSA) is 21.3 Å². The Hall–Kier alpha value is -0.540. The van der Waals surface area contributed by atoms with E-state index in [1.165, 1.54) is 43.2 Å². The van der Waals surface area contributed by atoms with E-state index in [0.29, 0.717) is 6.04 Å². The highest BCUT2D eigenvalue weighted by atomic mass is 79.9. The first-order valence-electron chi connectivity index (χ1n) is 6.77. The van der Waals surface area contributed by atoms with E-state index in [2.05, 4.69) is 40.3 Å². The van der Waals surface area contributed by atoms with E-state index in [-0.39, 0.29) is 0 Å². The number of methoxy groups -OCH3 is 1. The molecular formula is C15H22BrNO. The van der Waals surface area contributed by atoms with E-state index < -0.39 is 0 Å². The summed E-state index contributed by atoms with van der Waals surface area (Å²) in [5.41, 5.74) is 2.43. The summed E-state index contributed by atoms with van der Waals surface area (Å²) in [6.07, 6.45) is 6.76. The standard InChI is InChI=1S/C15H22BrNO/c1-11-8-13(16)9-12(15(11)18-2)10-17-14-6-4-3-5-7-14/h8-9,14,17H,3-7,10H2,1-2H3. The number of hydrogen-bond donors (Lipinski definition) is 1. The van der Waals surface area contributed by atoms with Crippen LogP contribution in [0.25, 0.3) is 0 Å². The minimum absolute atomic E-state index is 0.683. The summed E-state index contributed by atoms with van der Waals surface area (Å²) in [6.45, 7) is 2.99. The quantitative estimate of drug-likeness (QED) is 0.900. The fourth-order valence-corrected chi connectivity index (χ4v) is 3.40. The van der Waals surface area contributed by atoms with Crippen molar-refractivity contribution >= 4 is 15.9 Å². The SMILES string of the molecule is COc1c(C)cc(Br)cc1CNC1CCCCC1. The molecule has 0 unspecified atom stereocenters. The van der Waals surface area contributed by atoms with Crippen LogP contribution in [0.1, 0.15) is 43.2 Å². The molecule has 1 aliphatic rings. The third kappa shape index (κ3) is 3.48. The molecule has 1 N–H and O–H groups in total. The minimum atomic E-state index is 0.683. The third-order valence-corrected chi connectivity index (χ3v) is 4.16. The van der Waals surface area contributed by atoms with Crippen LogP contribution < -0.4 is 10.1 Å². The van der Waals surface area contributed by atoms with Gasteiger partial charge >= 0.3 is 0 Å². The van der Waals surface area contributed by atoms with Crippen molar-refractivity contribution in [2.45, 2.75) is 51.6 Å². The van der Waals surface area contributed by atoms with Crippen LogP contribution in [0, 0.1) is 6.92 Å². The predicted molar refractivity (Wildman–Crippen MR) is 79.1 cm³/mol. The first-order chi connectivity index (χ1) is 8.70. The molecule has 3 heteroatoms. The summed E-state index contributed by atoms with van der Waals surface area (Å²) >= 11 is 3.56. The van der Waals surface area contributed by atoms with Gasteiger partial charge in [-0.25, -0.2) is 0 Å². The van der Waals surface area contributed by atoms with E-state index in [1.807, 2.05) is 0 Å². The Morgan fingerprint density at radius 1 is 1.28 bits per heavy atom. The Morgan fingerprint density at radius 3 is 2.67 bits per heavy atom. The summed E-state index contributed by atoms with van der Waals surface area (Å²) in [5, 5.41) is 3.67. The van der Waals surface area contributed by atoms with Gasteiger partial charge in [-0.05, 0) is 37.5 Å². The van der Waals surface area contributed by atoms with Gasteiger partial charge in [-0.1, -0.05) is 35.2 Å². The van der Waals surface area contributed by atoms with Crippen LogP contribution in [0.2, 0.25) is 0 Å². The minimum Gasteiger partial charge on any atom is -0.496 e. The molecule has 2 nitrogen and oxygen atoms in total. The molecule has 0 spiro atoms. The summed E-state index contributed by atoms with van der Waals surface area (Å²) < 4.78 is 6.64. The Labute approximate surface area is 118 Å². The molecule has 0 aliphatic heterocycles. The van der Waals surface area contributed by atoms with E-state index in [0.717, 1.165) is 16.8 Å². The van der Waals surface area contributed by atoms with Gasteiger partial charge in [-0.15, -0.1) is 0 Å². The van der Waals surface area contributed by atoms with Crippen LogP contribution in [0.4, 0.5) is 0 Å². The number of halogens is 1. The molecule has 1 aromatic carbocycles. The highest BCUT2D eigenvalue weighted by Gasteiger charge is 2.14. The molecule has 1 saturated carbocycles. The maximum Gasteiger partial charge on any atom is 0.126 e. The van der Waals surface area contributed by atoms with Crippen molar-refractivity contribution in [3.63, 3.8) is 0 Å². The number of aryl methyl sites for hydroxylation is 1. The van der Waals surface area contributed by atoms with E-state index in [1.54, 1.807) is 7.11 Å². The third-order valence-electron chi connectivity index (χ3n) is 3.71. The fraction of sp³-hybridized carbons (Fsp3) is 0.600. The van der Waals surface area contributed by atoms with Gasteiger partial charge in [0.2, 0.25) is 0 Å². The van der Waals surface area contributed by atoms with Crippen molar-refractivity contribution in [2.75, 3.05) is 7.11 Å². The van der Waals surface area contributed by atoms with Crippen LogP contribution in [0.5, 0.6) is 5.75 Å². The molecule has 1 fully saturated rings. The van der Waals surface area contributed by atoms with Crippen LogP contribution >= 0.6 is 15.9 Å². The Balaban J connectivity index is 2.03. The lowest BCUT2D eigenvalue weighted by Crippen LogP contribution is -2.30. The first-order valence-corrected chi connectivity index (χ1v) is 7.56. The molecule has 0 amide bonds. The van der Waals surface area contributed by atoms with E-state index in [9.17, 15) is 0 Å². The van der Waals surface area contributed by atoms with Gasteiger partial charge in [-0.2, -0.15) is 0 Å². The van der Waals surface area contributed by atoms with Gasteiger partial charge in [-0.3, -0.25) is 0 Å². The van der Waals surface area contributed by atoms with Crippen molar-refractivity contribution in [3.05, 3.63) is 27.7 Å². The van der Waals surface area contributed by atoms with Crippen molar-refractivity contribution in [2.24, 2.45) is 0 Å². The second-order valence-corrected chi connectivity index (χ2v) is 6.05. The largest absolute Gasteiger partial charge is 0.496 e. The summed E-state index contributed by atoms with van der Waals surface area (Å²) in [6, 6.07) is 4.94. The van der Waals surface area contributed by atoms with Gasteiger partial charge in [0, 0.05) is 22.6 Å². The van der Waals surface area contributed by atoms with Gasteiger partial charge in [0.1, 0.15) is 5.75 Å². The van der Waals surface area contributed by atoms with Crippen LogP contribution in [-0.2, 0) is 6.54 Å². The molecule has 18 heavy (non-hydrogen) atoms. The lowest BCUT2D eigenvalue weighted by Gasteiger charge is -2.23. The summed E-state index contributed by atoms with van der Waals surface area (Å²) in [5.74, 6) is 1.02. The summed E-state index contributed by atoms with van der Waals surface area (Å²) in [4.78, 5) is 0. The number of benzene rings is 1. The lowest BCUT2D eigenvalue weighted by molar-refractivity contribution is 0.364. The zero-order valence-electron chi connectivity index (χ0n) is 11.3. The Kier molecular flexibility index (Phi) is 5.07. The number of ether oxygens (including phenoxy) is 1. The Bertz CT molecular complexity index is 400. The van der Waals surface area contributed by atoms with Gasteiger partial charge < -0.3 is 10.1 Å². The van der Waals surface area contributed by atoms with Crippen molar-refractivity contribution in [3.8, 4) is 5.75 Å². The zero-order chi connectivity index (χ0) is 13.0. The lowest BCUT2D eigenvalue weighted by atomic mass is 9.95. The fourth-order valence-electron chi connectivity index (χ4n) is 2.78. The van der Waals surface area contributed by atoms with Crippen LogP contribution in [0.15, 0.2) is 16.6 Å². The highest BCUT2D eigenvalue weighted by molar-refractivity contribution is 9.10. The molecular weight excluding hydrogens is 290 g/mol. The molecule has 0 atom stereocenters. The van der Waals surface area contributed by atoms with Gasteiger partial charge in [0.05, 0.1) is 7.11 Å². The van der Waals surface area contributed by atoms with E-state index in [4.69, 9.17) is 4.74 Å². The van der Waals surface area contributed by atoms with Crippen molar-refractivity contribution < 1.29 is 4.74 Å². The van der Waals surface area contributed by atoms with Crippen molar-refractivity contribution in [1.82, 2.24) is 5.32 Å². The molecule has 1 aliphatic carbocycles. The first kappa shape index (κ1) is 13.9. The smallest absolute Gasteiger partial charge is 0.126 e. The molecule has 0 radical (unpaired) electrons. The van der Waals surface area contributed by atoms with Gasteiger partial charge in [0.25, 0.3) is 0 Å². The zero-order valence-corrected chi connectivity index (χ0v) is 12.8. The molecule has 0 heterocycles. The average molecular weight is 312 g/mol. The van der Waals surface area contributed by atoms with E-state index >= 15 is 0 Å². The van der Waals surface area contributed by atoms with Gasteiger partial charge in [0.15, 0.2) is 0 Å². The van der Waals surface area contributed by atoms with Crippen LogP contribution in [-0.4, -0.2) is 13.2 Å². The van der Waals surface area contributed by atoms with Crippen molar-refractivity contribution in [1.29, 1.82) is 0 Å². The van der Waals surface area contributed by atoms with Crippen LogP contribution in [0.3, 0.4) is 0 Å². The molecule has 2 rings (SSSR count). The second kappa shape index (κ2) is 6.58. The number of rotatable bonds is 4. The predicted octanol–water partition coefficient (Wildman–Crippen LogP) is 4.19. The highest BCUT2D eigenvalue weighted by Crippen LogP contribution is 2.28. The normalized spacial score (nSPS) is 16.8. The second-order valence-electron chi connectivity index (χ2n) is 5.13. The number of nitrogens with one attached hydrogen (secondary N) is 1. The molecule has 0 bridgehead atoms. The number of hydrogen-bond acceptors (Lipinski definition) is 2. The average Bonchev–Trinajstić information content (AvgIpc) is 2.37. The maximum atomic E-state index is 5.51. The maximum absolute atomic E-state index is 5.51. The summed E-state index contributed by atoms with van der Waals surface area (Å²) in [7, 11) is 1.75. The Morgan fingerprint density at radius 2 is 2.00 bits per heavy atom. The molecule has 0 aromatic heterocycles. The molecule has 0 saturated heterocycles. The molecule has 100 valence electrons. The monoisotopic (exact) mass is 311 g/mol.